The molecule has 1 aromatic carbocycles. The zero-order valence-corrected chi connectivity index (χ0v) is 10.7. The van der Waals surface area contributed by atoms with Gasteiger partial charge in [-0.15, -0.1) is 0 Å². The highest BCUT2D eigenvalue weighted by Crippen LogP contribution is 2.35. The maximum Gasteiger partial charge on any atom is 0.125 e. The van der Waals surface area contributed by atoms with Gasteiger partial charge in [0.15, 0.2) is 0 Å². The lowest BCUT2D eigenvalue weighted by atomic mass is 9.76. The van der Waals surface area contributed by atoms with Crippen LogP contribution in [-0.2, 0) is 0 Å². The van der Waals surface area contributed by atoms with Gasteiger partial charge in [-0.3, -0.25) is 0 Å². The minimum absolute atomic E-state index is 0.249. The fraction of sp³-hybridized carbons (Fsp3) is 0.533. The Kier molecular flexibility index (Phi) is 3.86. The van der Waals surface area contributed by atoms with E-state index in [9.17, 15) is 9.65 Å². The summed E-state index contributed by atoms with van der Waals surface area (Å²) in [6, 6.07) is 8.65. The van der Waals surface area contributed by atoms with Crippen molar-refractivity contribution < 1.29 is 4.39 Å². The Morgan fingerprint density at radius 3 is 2.44 bits per heavy atom. The molecule has 1 aromatic rings. The van der Waals surface area contributed by atoms with Crippen LogP contribution in [-0.4, -0.2) is 5.54 Å². The Hall–Kier alpha value is -1.56. The summed E-state index contributed by atoms with van der Waals surface area (Å²) in [6.07, 6.45) is 5.13. The minimum Gasteiger partial charge on any atom is -0.367 e. The highest BCUT2D eigenvalue weighted by molar-refractivity contribution is 5.47. The van der Waals surface area contributed by atoms with Gasteiger partial charge in [0.25, 0.3) is 0 Å². The van der Waals surface area contributed by atoms with Crippen LogP contribution >= 0.6 is 0 Å². The molecule has 2 nitrogen and oxygen atoms in total. The van der Waals surface area contributed by atoms with Crippen LogP contribution in [0.4, 0.5) is 10.1 Å². The van der Waals surface area contributed by atoms with Gasteiger partial charge in [0, 0.05) is 5.69 Å². The average Bonchev–Trinajstić information content (AvgIpc) is 2.42. The van der Waals surface area contributed by atoms with E-state index in [4.69, 9.17) is 0 Å². The molecule has 1 aliphatic rings. The molecular formula is C15H19FN2. The molecule has 2 rings (SSSR count). The van der Waals surface area contributed by atoms with E-state index in [1.54, 1.807) is 12.1 Å². The molecule has 0 heterocycles. The first-order chi connectivity index (χ1) is 8.67. The Balaban J connectivity index is 2.06. The van der Waals surface area contributed by atoms with E-state index in [0.29, 0.717) is 0 Å². The zero-order chi connectivity index (χ0) is 13.0. The third-order valence-electron chi connectivity index (χ3n) is 3.98. The summed E-state index contributed by atoms with van der Waals surface area (Å²) in [4.78, 5) is 0. The van der Waals surface area contributed by atoms with E-state index in [1.165, 1.54) is 18.6 Å². The van der Waals surface area contributed by atoms with Crippen molar-refractivity contribution >= 4 is 5.69 Å². The summed E-state index contributed by atoms with van der Waals surface area (Å²) < 4.78 is 12.8. The van der Waals surface area contributed by atoms with Crippen molar-refractivity contribution in [2.75, 3.05) is 5.32 Å². The lowest BCUT2D eigenvalue weighted by Crippen LogP contribution is -2.40. The highest BCUT2D eigenvalue weighted by Gasteiger charge is 2.34. The topological polar surface area (TPSA) is 35.8 Å². The van der Waals surface area contributed by atoms with Crippen LogP contribution in [0.1, 0.15) is 39.0 Å². The first-order valence-corrected chi connectivity index (χ1v) is 6.62. The Bertz CT molecular complexity index is 425. The summed E-state index contributed by atoms with van der Waals surface area (Å²) >= 11 is 0. The summed E-state index contributed by atoms with van der Waals surface area (Å²) in [5.74, 6) is 0.503. The largest absolute Gasteiger partial charge is 0.367 e. The van der Waals surface area contributed by atoms with Gasteiger partial charge in [-0.25, -0.2) is 4.39 Å². The molecule has 0 radical (unpaired) electrons. The number of hydrogen-bond acceptors (Lipinski definition) is 2. The summed E-state index contributed by atoms with van der Waals surface area (Å²) in [5, 5.41) is 12.7. The molecule has 0 unspecified atom stereocenters. The van der Waals surface area contributed by atoms with Gasteiger partial charge in [-0.2, -0.15) is 5.26 Å². The quantitative estimate of drug-likeness (QED) is 0.871. The maximum atomic E-state index is 12.8. The molecule has 1 fully saturated rings. The lowest BCUT2D eigenvalue weighted by molar-refractivity contribution is 0.290. The molecule has 1 saturated carbocycles. The predicted molar refractivity (Wildman–Crippen MR) is 70.6 cm³/mol. The highest BCUT2D eigenvalue weighted by atomic mass is 19.1. The molecule has 0 aliphatic heterocycles. The lowest BCUT2D eigenvalue weighted by Gasteiger charge is -2.36. The molecule has 1 aliphatic carbocycles. The second-order valence-electron chi connectivity index (χ2n) is 5.18. The molecule has 0 spiro atoms. The van der Waals surface area contributed by atoms with E-state index in [2.05, 4.69) is 18.3 Å². The molecular weight excluding hydrogens is 227 g/mol. The van der Waals surface area contributed by atoms with Crippen molar-refractivity contribution in [3.05, 3.63) is 30.1 Å². The molecule has 0 saturated heterocycles. The first-order valence-electron chi connectivity index (χ1n) is 6.62. The smallest absolute Gasteiger partial charge is 0.125 e. The van der Waals surface area contributed by atoms with Crippen LogP contribution in [0, 0.1) is 23.1 Å². The van der Waals surface area contributed by atoms with Crippen molar-refractivity contribution in [3.63, 3.8) is 0 Å². The monoisotopic (exact) mass is 246 g/mol. The van der Waals surface area contributed by atoms with E-state index >= 15 is 0 Å². The fourth-order valence-corrected chi connectivity index (χ4v) is 2.65. The van der Waals surface area contributed by atoms with E-state index in [-0.39, 0.29) is 5.82 Å². The van der Waals surface area contributed by atoms with Crippen molar-refractivity contribution in [2.45, 2.75) is 44.6 Å². The van der Waals surface area contributed by atoms with Crippen LogP contribution in [0.5, 0.6) is 0 Å². The third-order valence-corrected chi connectivity index (χ3v) is 3.98. The number of anilines is 1. The first kappa shape index (κ1) is 12.9. The number of benzene rings is 1. The van der Waals surface area contributed by atoms with Gasteiger partial charge in [0.05, 0.1) is 6.07 Å². The maximum absolute atomic E-state index is 12.8. The number of nitrogens with one attached hydrogen (secondary N) is 1. The molecule has 1 N–H and O–H groups in total. The average molecular weight is 246 g/mol. The van der Waals surface area contributed by atoms with Crippen molar-refractivity contribution in [1.29, 1.82) is 5.26 Å². The second-order valence-corrected chi connectivity index (χ2v) is 5.18. The molecule has 0 aromatic heterocycles. The Morgan fingerprint density at radius 1 is 1.33 bits per heavy atom. The van der Waals surface area contributed by atoms with Crippen molar-refractivity contribution in [2.24, 2.45) is 5.92 Å². The molecule has 18 heavy (non-hydrogen) atoms. The molecule has 3 heteroatoms. The van der Waals surface area contributed by atoms with Gasteiger partial charge in [0.1, 0.15) is 11.4 Å². The van der Waals surface area contributed by atoms with E-state index in [0.717, 1.165) is 37.3 Å². The Morgan fingerprint density at radius 2 is 1.94 bits per heavy atom. The van der Waals surface area contributed by atoms with Crippen LogP contribution in [0.3, 0.4) is 0 Å². The summed E-state index contributed by atoms with van der Waals surface area (Å²) in [6.45, 7) is 2.21. The summed E-state index contributed by atoms with van der Waals surface area (Å²) in [7, 11) is 0. The van der Waals surface area contributed by atoms with Gasteiger partial charge in [0.2, 0.25) is 0 Å². The van der Waals surface area contributed by atoms with Gasteiger partial charge in [-0.1, -0.05) is 13.3 Å². The van der Waals surface area contributed by atoms with Crippen molar-refractivity contribution in [1.82, 2.24) is 0 Å². The minimum atomic E-state index is -0.469. The third kappa shape index (κ3) is 2.81. The number of rotatable bonds is 3. The predicted octanol–water partition coefficient (Wildman–Crippen LogP) is 4.10. The van der Waals surface area contributed by atoms with Crippen molar-refractivity contribution in [3.8, 4) is 6.07 Å². The molecule has 0 amide bonds. The van der Waals surface area contributed by atoms with E-state index in [1.807, 2.05) is 0 Å². The molecule has 0 bridgehead atoms. The number of halogens is 1. The van der Waals surface area contributed by atoms with Crippen LogP contribution < -0.4 is 5.32 Å². The van der Waals surface area contributed by atoms with Gasteiger partial charge in [-0.05, 0) is 55.9 Å². The van der Waals surface area contributed by atoms with Gasteiger partial charge >= 0.3 is 0 Å². The molecule has 96 valence electrons. The normalized spacial score (nSPS) is 27.5. The van der Waals surface area contributed by atoms with Gasteiger partial charge < -0.3 is 5.32 Å². The number of hydrogen-bond donors (Lipinski definition) is 1. The van der Waals surface area contributed by atoms with Crippen LogP contribution in [0.15, 0.2) is 24.3 Å². The number of nitriles is 1. The fourth-order valence-electron chi connectivity index (χ4n) is 2.65. The van der Waals surface area contributed by atoms with Crippen LogP contribution in [0.25, 0.3) is 0 Å². The zero-order valence-electron chi connectivity index (χ0n) is 10.7. The van der Waals surface area contributed by atoms with Crippen LogP contribution in [0.2, 0.25) is 0 Å². The SMILES string of the molecule is CCC1CCC(C#N)(Nc2ccc(F)cc2)CC1. The standard InChI is InChI=1S/C15H19FN2/c1-2-12-7-9-15(11-17,10-8-12)18-14-5-3-13(16)4-6-14/h3-6,12,18H,2,7-10H2,1H3. The van der Waals surface area contributed by atoms with E-state index < -0.39 is 5.54 Å². The second kappa shape index (κ2) is 5.39. The number of nitrogens with zero attached hydrogens (tertiary/aromatic N) is 1. The molecule has 0 atom stereocenters. The summed E-state index contributed by atoms with van der Waals surface area (Å²) in [5.41, 5.74) is 0.358. The Labute approximate surface area is 108 Å².